The molecule has 10 aromatic carbocycles. The molecule has 0 bridgehead atoms. The maximum absolute atomic E-state index is 2.44. The van der Waals surface area contributed by atoms with Gasteiger partial charge in [0, 0.05) is 0 Å². The molecule has 10 aromatic rings. The monoisotopic (exact) mass is 642 g/mol. The van der Waals surface area contributed by atoms with Crippen molar-refractivity contribution in [2.24, 2.45) is 0 Å². The van der Waals surface area contributed by atoms with Gasteiger partial charge >= 0.3 is 0 Å². The molecule has 0 unspecified atom stereocenters. The molecule has 0 nitrogen and oxygen atoms in total. The van der Waals surface area contributed by atoms with Crippen LogP contribution in [0.2, 0.25) is 0 Å². The third-order valence-electron chi connectivity index (χ3n) is 11.8. The van der Waals surface area contributed by atoms with E-state index in [0.717, 1.165) is 0 Å². The van der Waals surface area contributed by atoms with Crippen molar-refractivity contribution in [1.82, 2.24) is 0 Å². The molecule has 0 atom stereocenters. The minimum atomic E-state index is 1.23. The average molecular weight is 643 g/mol. The third-order valence-corrected chi connectivity index (χ3v) is 11.8. The molecule has 2 aliphatic rings. The van der Waals surface area contributed by atoms with E-state index in [2.05, 4.69) is 171 Å². The van der Waals surface area contributed by atoms with Crippen LogP contribution in [0.25, 0.3) is 122 Å². The maximum Gasteiger partial charge on any atom is -0.000718 e. The molecule has 0 radical (unpaired) electrons. The van der Waals surface area contributed by atoms with Crippen molar-refractivity contribution in [3.05, 3.63) is 168 Å². The van der Waals surface area contributed by atoms with Gasteiger partial charge in [0.1, 0.15) is 0 Å². The first-order valence-corrected chi connectivity index (χ1v) is 17.9. The molecule has 0 heterocycles. The lowest BCUT2D eigenvalue weighted by Gasteiger charge is -2.22. The zero-order chi connectivity index (χ0) is 33.4. The van der Waals surface area contributed by atoms with Crippen molar-refractivity contribution < 1.29 is 0 Å². The Morgan fingerprint density at radius 1 is 0.275 bits per heavy atom. The van der Waals surface area contributed by atoms with E-state index in [1.807, 2.05) is 0 Å². The van der Waals surface area contributed by atoms with Gasteiger partial charge < -0.3 is 0 Å². The van der Waals surface area contributed by atoms with E-state index < -0.39 is 0 Å². The van der Waals surface area contributed by atoms with Crippen molar-refractivity contribution >= 4 is 66.0 Å². The van der Waals surface area contributed by atoms with Gasteiger partial charge in [-0.15, -0.1) is 0 Å². The van der Waals surface area contributed by atoms with E-state index >= 15 is 0 Å². The van der Waals surface area contributed by atoms with Crippen molar-refractivity contribution in [2.45, 2.75) is 6.92 Å². The van der Waals surface area contributed by atoms with Crippen molar-refractivity contribution in [2.75, 3.05) is 0 Å². The average Bonchev–Trinajstić information content (AvgIpc) is 3.77. The molecule has 0 spiro atoms. The van der Waals surface area contributed by atoms with Gasteiger partial charge in [-0.2, -0.15) is 0 Å². The van der Waals surface area contributed by atoms with Crippen LogP contribution in [0.15, 0.2) is 152 Å². The molecule has 234 valence electrons. The SMILES string of the molecule is Cc1ccc(-c2c3c(c(-c4ccccc4-c4ccccc4)c4ccccc24)-c2ccc4c5ccc6c7c(ccc(c8ccc-3c2c84)c75)C=C6)cc1. The topological polar surface area (TPSA) is 0 Å². The molecule has 2 aliphatic carbocycles. The van der Waals surface area contributed by atoms with E-state index in [9.17, 15) is 0 Å². The fraction of sp³-hybridized carbons (Fsp3) is 0.0196. The van der Waals surface area contributed by atoms with Crippen LogP contribution in [0.4, 0.5) is 0 Å². The summed E-state index contributed by atoms with van der Waals surface area (Å²) in [6.07, 6.45) is 4.54. The van der Waals surface area contributed by atoms with Gasteiger partial charge in [0.25, 0.3) is 0 Å². The van der Waals surface area contributed by atoms with Crippen LogP contribution < -0.4 is 0 Å². The number of hydrogen-bond acceptors (Lipinski definition) is 0. The molecule has 0 amide bonds. The van der Waals surface area contributed by atoms with E-state index in [1.54, 1.807) is 0 Å². The second kappa shape index (κ2) is 9.81. The Labute approximate surface area is 295 Å². The Bertz CT molecular complexity index is 3100. The highest BCUT2D eigenvalue weighted by atomic mass is 14.3. The largest absolute Gasteiger partial charge is 0.0622 e. The molecule has 0 heteroatoms. The van der Waals surface area contributed by atoms with E-state index in [0.29, 0.717) is 0 Å². The molecule has 0 fully saturated rings. The summed E-state index contributed by atoms with van der Waals surface area (Å²) >= 11 is 0. The van der Waals surface area contributed by atoms with Crippen LogP contribution in [-0.4, -0.2) is 0 Å². The van der Waals surface area contributed by atoms with Gasteiger partial charge in [0.15, 0.2) is 0 Å². The van der Waals surface area contributed by atoms with E-state index in [4.69, 9.17) is 0 Å². The fourth-order valence-corrected chi connectivity index (χ4v) is 9.66. The lowest BCUT2D eigenvalue weighted by Crippen LogP contribution is -1.95. The Morgan fingerprint density at radius 2 is 0.784 bits per heavy atom. The van der Waals surface area contributed by atoms with E-state index in [-0.39, 0.29) is 0 Å². The molecule has 51 heavy (non-hydrogen) atoms. The van der Waals surface area contributed by atoms with Gasteiger partial charge in [0.05, 0.1) is 0 Å². The Balaban J connectivity index is 1.29. The minimum absolute atomic E-state index is 1.23. The summed E-state index contributed by atoms with van der Waals surface area (Å²) in [5.41, 5.74) is 16.9. The second-order valence-electron chi connectivity index (χ2n) is 14.4. The summed E-state index contributed by atoms with van der Waals surface area (Å²) in [5.74, 6) is 0. The number of fused-ring (bicyclic) bond motifs is 6. The smallest absolute Gasteiger partial charge is 0.000718 e. The lowest BCUT2D eigenvalue weighted by atomic mass is 9.81. The van der Waals surface area contributed by atoms with Crippen LogP contribution in [0.1, 0.15) is 16.7 Å². The Morgan fingerprint density at radius 3 is 1.43 bits per heavy atom. The highest BCUT2D eigenvalue weighted by molar-refractivity contribution is 6.40. The normalized spacial score (nSPS) is 12.7. The predicted molar refractivity (Wildman–Crippen MR) is 220 cm³/mol. The highest BCUT2D eigenvalue weighted by Gasteiger charge is 2.33. The quantitative estimate of drug-likeness (QED) is 0.133. The van der Waals surface area contributed by atoms with Crippen LogP contribution >= 0.6 is 0 Å². The molecular weight excluding hydrogens is 613 g/mol. The summed E-state index contributed by atoms with van der Waals surface area (Å²) in [4.78, 5) is 0. The van der Waals surface area contributed by atoms with Gasteiger partial charge in [-0.1, -0.05) is 169 Å². The number of aryl methyl sites for hydroxylation is 1. The third kappa shape index (κ3) is 3.49. The van der Waals surface area contributed by atoms with Gasteiger partial charge in [-0.3, -0.25) is 0 Å². The number of benzene rings is 10. The Kier molecular flexibility index (Phi) is 5.26. The molecule has 0 N–H and O–H groups in total. The highest BCUT2D eigenvalue weighted by Crippen LogP contribution is 2.60. The molecule has 12 rings (SSSR count). The summed E-state index contributed by atoms with van der Waals surface area (Å²) in [6.45, 7) is 2.18. The van der Waals surface area contributed by atoms with Crippen LogP contribution in [0.3, 0.4) is 0 Å². The summed E-state index contributed by atoms with van der Waals surface area (Å²) in [6, 6.07) is 57.2. The predicted octanol–water partition coefficient (Wildman–Crippen LogP) is 14.3. The van der Waals surface area contributed by atoms with Crippen LogP contribution in [0.5, 0.6) is 0 Å². The van der Waals surface area contributed by atoms with Crippen LogP contribution in [-0.2, 0) is 0 Å². The fourth-order valence-electron chi connectivity index (χ4n) is 9.66. The minimum Gasteiger partial charge on any atom is -0.0622 e. The van der Waals surface area contributed by atoms with Crippen molar-refractivity contribution in [3.8, 4) is 55.6 Å². The first-order chi connectivity index (χ1) is 25.2. The molecule has 0 aromatic heterocycles. The first kappa shape index (κ1) is 27.3. The first-order valence-electron chi connectivity index (χ1n) is 17.9. The molecular formula is C51H30. The van der Waals surface area contributed by atoms with Crippen molar-refractivity contribution in [3.63, 3.8) is 0 Å². The van der Waals surface area contributed by atoms with Gasteiger partial charge in [0.2, 0.25) is 0 Å². The zero-order valence-electron chi connectivity index (χ0n) is 28.1. The molecule has 0 saturated heterocycles. The second-order valence-corrected chi connectivity index (χ2v) is 14.4. The molecule has 0 aliphatic heterocycles. The lowest BCUT2D eigenvalue weighted by molar-refractivity contribution is 1.47. The summed E-state index contributed by atoms with van der Waals surface area (Å²) < 4.78 is 0. The zero-order valence-corrected chi connectivity index (χ0v) is 28.1. The maximum atomic E-state index is 2.44. The van der Waals surface area contributed by atoms with Gasteiger partial charge in [-0.05, 0) is 128 Å². The van der Waals surface area contributed by atoms with Crippen molar-refractivity contribution in [1.29, 1.82) is 0 Å². The van der Waals surface area contributed by atoms with E-state index in [1.165, 1.54) is 126 Å². The van der Waals surface area contributed by atoms with Crippen LogP contribution in [0, 0.1) is 6.92 Å². The Hall–Kier alpha value is -6.50. The number of rotatable bonds is 3. The summed E-state index contributed by atoms with van der Waals surface area (Å²) in [7, 11) is 0. The summed E-state index contributed by atoms with van der Waals surface area (Å²) in [5, 5.41) is 13.5. The molecule has 0 saturated carbocycles. The number of hydrogen-bond donors (Lipinski definition) is 0. The standard InChI is InChI=1S/C51H30/c1-29-15-17-33(18-16-29)45-36-13-7-8-14-37(36)48(35-12-6-5-11-34(35)30-9-3-2-4-10-30)51-43-28-26-41-39-24-22-32-20-19-31-21-23-38(46(39)44(31)32)40-25-27-42(50(45)51)49(43)47(40)41/h2-28H,1H3. The van der Waals surface area contributed by atoms with Gasteiger partial charge in [-0.25, -0.2) is 0 Å².